The summed E-state index contributed by atoms with van der Waals surface area (Å²) in [5, 5.41) is 0. The molecule has 1 aromatic heterocycles. The fraction of sp³-hybridized carbons (Fsp3) is 0.250. The van der Waals surface area contributed by atoms with Gasteiger partial charge >= 0.3 is 0 Å². The Labute approximate surface area is 89.4 Å². The van der Waals surface area contributed by atoms with Crippen molar-refractivity contribution in [3.8, 4) is 11.3 Å². The van der Waals surface area contributed by atoms with Crippen LogP contribution in [-0.2, 0) is 6.54 Å². The van der Waals surface area contributed by atoms with Crippen LogP contribution in [-0.4, -0.2) is 9.97 Å². The molecule has 0 aliphatic rings. The van der Waals surface area contributed by atoms with Crippen molar-refractivity contribution >= 4 is 0 Å². The molecule has 1 heterocycles. The number of hydrogen-bond acceptors (Lipinski definition) is 2. The molecule has 0 unspecified atom stereocenters. The van der Waals surface area contributed by atoms with Gasteiger partial charge in [0.2, 0.25) is 0 Å². The van der Waals surface area contributed by atoms with Gasteiger partial charge in [-0.05, 0) is 13.8 Å². The summed E-state index contributed by atoms with van der Waals surface area (Å²) in [4.78, 5) is 7.62. The average Bonchev–Trinajstić information content (AvgIpc) is 2.61. The van der Waals surface area contributed by atoms with Gasteiger partial charge in [0, 0.05) is 11.3 Å². The van der Waals surface area contributed by atoms with E-state index in [1.807, 2.05) is 6.92 Å². The lowest BCUT2D eigenvalue weighted by Gasteiger charge is -1.98. The Morgan fingerprint density at radius 2 is 1.87 bits per heavy atom. The van der Waals surface area contributed by atoms with Crippen molar-refractivity contribution in [1.82, 2.24) is 9.97 Å². The first-order valence-electron chi connectivity index (χ1n) is 5.03. The molecular formula is C12H15N3. The van der Waals surface area contributed by atoms with Gasteiger partial charge in [-0.15, -0.1) is 0 Å². The highest BCUT2D eigenvalue weighted by Crippen LogP contribution is 2.21. The third-order valence-electron chi connectivity index (χ3n) is 2.45. The number of benzene rings is 1. The summed E-state index contributed by atoms with van der Waals surface area (Å²) in [5.74, 6) is 0.836. The third kappa shape index (κ3) is 1.92. The Morgan fingerprint density at radius 1 is 1.20 bits per heavy atom. The van der Waals surface area contributed by atoms with Crippen LogP contribution >= 0.6 is 0 Å². The number of nitrogens with one attached hydrogen (secondary N) is 1. The van der Waals surface area contributed by atoms with E-state index in [-0.39, 0.29) is 0 Å². The highest BCUT2D eigenvalue weighted by Gasteiger charge is 2.07. The summed E-state index contributed by atoms with van der Waals surface area (Å²) in [7, 11) is 0. The molecule has 0 aliphatic carbocycles. The molecule has 0 fully saturated rings. The normalized spacial score (nSPS) is 10.6. The minimum Gasteiger partial charge on any atom is -0.344 e. The van der Waals surface area contributed by atoms with E-state index in [0.717, 1.165) is 22.8 Å². The van der Waals surface area contributed by atoms with Crippen LogP contribution in [0.15, 0.2) is 24.3 Å². The summed E-state index contributed by atoms with van der Waals surface area (Å²) in [6.45, 7) is 4.54. The largest absolute Gasteiger partial charge is 0.344 e. The van der Waals surface area contributed by atoms with Gasteiger partial charge < -0.3 is 10.7 Å². The number of hydrogen-bond donors (Lipinski definition) is 2. The molecule has 0 spiro atoms. The lowest BCUT2D eigenvalue weighted by Crippen LogP contribution is -1.97. The lowest BCUT2D eigenvalue weighted by molar-refractivity contribution is 0.944. The summed E-state index contributed by atoms with van der Waals surface area (Å²) in [6, 6.07) is 8.34. The van der Waals surface area contributed by atoms with E-state index in [4.69, 9.17) is 5.73 Å². The predicted molar refractivity (Wildman–Crippen MR) is 61.4 cm³/mol. The Kier molecular flexibility index (Phi) is 2.56. The second kappa shape index (κ2) is 3.87. The second-order valence-corrected chi connectivity index (χ2v) is 3.73. The molecule has 0 amide bonds. The van der Waals surface area contributed by atoms with E-state index in [1.54, 1.807) is 0 Å². The smallest absolute Gasteiger partial charge is 0.120 e. The third-order valence-corrected chi connectivity index (χ3v) is 2.45. The quantitative estimate of drug-likeness (QED) is 0.782. The van der Waals surface area contributed by atoms with Crippen molar-refractivity contribution in [2.24, 2.45) is 5.73 Å². The Balaban J connectivity index is 2.44. The zero-order valence-electron chi connectivity index (χ0n) is 9.04. The van der Waals surface area contributed by atoms with Crippen LogP contribution < -0.4 is 5.73 Å². The molecule has 78 valence electrons. The van der Waals surface area contributed by atoms with Crippen LogP contribution in [0.5, 0.6) is 0 Å². The van der Waals surface area contributed by atoms with Crippen LogP contribution in [0.1, 0.15) is 17.1 Å². The van der Waals surface area contributed by atoms with Crippen molar-refractivity contribution in [2.45, 2.75) is 20.4 Å². The van der Waals surface area contributed by atoms with Crippen molar-refractivity contribution in [3.63, 3.8) is 0 Å². The standard InChI is InChI=1S/C12H15N3/c1-8-3-5-10(6-4-8)12-9(2)14-11(7-13)15-12/h3-6H,7,13H2,1-2H3,(H,14,15). The Morgan fingerprint density at radius 3 is 2.40 bits per heavy atom. The van der Waals surface area contributed by atoms with Gasteiger partial charge in [0.15, 0.2) is 0 Å². The Bertz CT molecular complexity index is 454. The molecule has 0 radical (unpaired) electrons. The summed E-state index contributed by atoms with van der Waals surface area (Å²) < 4.78 is 0. The maximum absolute atomic E-state index is 5.54. The Hall–Kier alpha value is -1.61. The van der Waals surface area contributed by atoms with Gasteiger partial charge in [-0.2, -0.15) is 0 Å². The molecule has 0 saturated carbocycles. The highest BCUT2D eigenvalue weighted by molar-refractivity contribution is 5.62. The van der Waals surface area contributed by atoms with Gasteiger partial charge in [0.05, 0.1) is 12.2 Å². The number of nitrogens with two attached hydrogens (primary N) is 1. The average molecular weight is 201 g/mol. The second-order valence-electron chi connectivity index (χ2n) is 3.73. The van der Waals surface area contributed by atoms with E-state index in [1.165, 1.54) is 5.56 Å². The SMILES string of the molecule is Cc1ccc(-c2nc(CN)[nH]c2C)cc1. The molecular weight excluding hydrogens is 186 g/mol. The molecule has 0 saturated heterocycles. The monoisotopic (exact) mass is 201 g/mol. The van der Waals surface area contributed by atoms with E-state index >= 15 is 0 Å². The van der Waals surface area contributed by atoms with Gasteiger partial charge in [-0.25, -0.2) is 4.98 Å². The van der Waals surface area contributed by atoms with E-state index < -0.39 is 0 Å². The molecule has 2 aromatic rings. The molecule has 2 rings (SSSR count). The molecule has 3 N–H and O–H groups in total. The predicted octanol–water partition coefficient (Wildman–Crippen LogP) is 2.15. The number of aromatic amines is 1. The van der Waals surface area contributed by atoms with Gasteiger partial charge in [0.25, 0.3) is 0 Å². The van der Waals surface area contributed by atoms with Crippen LogP contribution in [0.25, 0.3) is 11.3 Å². The first kappa shape index (κ1) is 9.93. The number of nitrogens with zero attached hydrogens (tertiary/aromatic N) is 1. The van der Waals surface area contributed by atoms with Gasteiger partial charge in [0.1, 0.15) is 5.82 Å². The zero-order valence-corrected chi connectivity index (χ0v) is 9.04. The fourth-order valence-electron chi connectivity index (χ4n) is 1.61. The van der Waals surface area contributed by atoms with Crippen molar-refractivity contribution < 1.29 is 0 Å². The summed E-state index contributed by atoms with van der Waals surface area (Å²) in [5.41, 5.74) is 9.99. The van der Waals surface area contributed by atoms with Crippen molar-refractivity contribution in [1.29, 1.82) is 0 Å². The maximum atomic E-state index is 5.54. The van der Waals surface area contributed by atoms with E-state index in [2.05, 4.69) is 41.2 Å². The maximum Gasteiger partial charge on any atom is 0.120 e. The molecule has 0 atom stereocenters. The molecule has 0 aliphatic heterocycles. The number of imidazole rings is 1. The first-order valence-corrected chi connectivity index (χ1v) is 5.03. The van der Waals surface area contributed by atoms with Crippen molar-refractivity contribution in [3.05, 3.63) is 41.3 Å². The fourth-order valence-corrected chi connectivity index (χ4v) is 1.61. The van der Waals surface area contributed by atoms with Crippen LogP contribution in [0, 0.1) is 13.8 Å². The summed E-state index contributed by atoms with van der Waals surface area (Å²) in [6.07, 6.45) is 0. The number of aromatic nitrogens is 2. The number of aryl methyl sites for hydroxylation is 2. The minimum atomic E-state index is 0.451. The number of rotatable bonds is 2. The first-order chi connectivity index (χ1) is 7.20. The highest BCUT2D eigenvalue weighted by atomic mass is 14.9. The van der Waals surface area contributed by atoms with E-state index in [9.17, 15) is 0 Å². The molecule has 3 heteroatoms. The topological polar surface area (TPSA) is 54.7 Å². The number of H-pyrrole nitrogens is 1. The molecule has 0 bridgehead atoms. The molecule has 3 nitrogen and oxygen atoms in total. The minimum absolute atomic E-state index is 0.451. The van der Waals surface area contributed by atoms with Gasteiger partial charge in [-0.1, -0.05) is 29.8 Å². The zero-order chi connectivity index (χ0) is 10.8. The summed E-state index contributed by atoms with van der Waals surface area (Å²) >= 11 is 0. The van der Waals surface area contributed by atoms with Crippen molar-refractivity contribution in [2.75, 3.05) is 0 Å². The van der Waals surface area contributed by atoms with Crippen LogP contribution in [0.2, 0.25) is 0 Å². The molecule has 1 aromatic carbocycles. The van der Waals surface area contributed by atoms with Crippen LogP contribution in [0.3, 0.4) is 0 Å². The van der Waals surface area contributed by atoms with Gasteiger partial charge in [-0.3, -0.25) is 0 Å². The lowest BCUT2D eigenvalue weighted by atomic mass is 10.1. The van der Waals surface area contributed by atoms with E-state index in [0.29, 0.717) is 6.54 Å². The van der Waals surface area contributed by atoms with Crippen LogP contribution in [0.4, 0.5) is 0 Å². The molecule has 15 heavy (non-hydrogen) atoms.